The maximum atomic E-state index is 13.8. The highest BCUT2D eigenvalue weighted by molar-refractivity contribution is 7.87. The third-order valence-electron chi connectivity index (χ3n) is 8.07. The van der Waals surface area contributed by atoms with Crippen LogP contribution in [-0.4, -0.2) is 48.5 Å². The van der Waals surface area contributed by atoms with Crippen LogP contribution in [0.3, 0.4) is 0 Å². The summed E-state index contributed by atoms with van der Waals surface area (Å²) in [5.41, 5.74) is 0.945. The number of aryl methyl sites for hydroxylation is 1. The molecule has 2 bridgehead atoms. The molecular formula is C31H24Cl2N2O7S. The van der Waals surface area contributed by atoms with Crippen LogP contribution in [0.25, 0.3) is 0 Å². The number of allylic oxidation sites excluding steroid dienone is 2. The van der Waals surface area contributed by atoms with Gasteiger partial charge in [-0.2, -0.15) is 13.4 Å². The van der Waals surface area contributed by atoms with Gasteiger partial charge in [-0.25, -0.2) is 5.01 Å². The van der Waals surface area contributed by atoms with Gasteiger partial charge < -0.3 is 4.18 Å². The molecule has 9 nitrogen and oxygen atoms in total. The van der Waals surface area contributed by atoms with Crippen molar-refractivity contribution in [3.05, 3.63) is 106 Å². The molecule has 0 spiro atoms. The Bertz CT molecular complexity index is 1780. The van der Waals surface area contributed by atoms with Crippen LogP contribution in [0.4, 0.5) is 0 Å². The van der Waals surface area contributed by atoms with Gasteiger partial charge in [0.05, 0.1) is 22.4 Å². The van der Waals surface area contributed by atoms with Crippen molar-refractivity contribution in [3.8, 4) is 5.75 Å². The van der Waals surface area contributed by atoms with Crippen molar-refractivity contribution in [2.24, 2.45) is 23.7 Å². The number of rotatable bonds is 8. The molecule has 0 N–H and O–H groups in total. The first-order chi connectivity index (χ1) is 20.4. The number of ketones is 1. The van der Waals surface area contributed by atoms with Crippen LogP contribution in [0.2, 0.25) is 10.0 Å². The molecule has 6 rings (SSSR count). The average Bonchev–Trinajstić information content (AvgIpc) is 3.65. The van der Waals surface area contributed by atoms with Crippen LogP contribution in [-0.2, 0) is 19.7 Å². The predicted molar refractivity (Wildman–Crippen MR) is 157 cm³/mol. The Balaban J connectivity index is 1.26. The van der Waals surface area contributed by atoms with Crippen molar-refractivity contribution >= 4 is 56.8 Å². The fourth-order valence-electron chi connectivity index (χ4n) is 5.96. The zero-order valence-corrected chi connectivity index (χ0v) is 25.0. The Hall–Kier alpha value is -3.99. The van der Waals surface area contributed by atoms with Crippen molar-refractivity contribution in [1.82, 2.24) is 10.0 Å². The molecule has 3 aliphatic rings. The van der Waals surface area contributed by atoms with Gasteiger partial charge in [0.25, 0.3) is 17.7 Å². The van der Waals surface area contributed by atoms with Gasteiger partial charge in [0.2, 0.25) is 0 Å². The van der Waals surface area contributed by atoms with E-state index in [1.807, 2.05) is 19.1 Å². The minimum Gasteiger partial charge on any atom is -0.379 e. The number of carbonyl (C=O) groups is 4. The summed E-state index contributed by atoms with van der Waals surface area (Å²) in [6, 6.07) is 15.6. The van der Waals surface area contributed by atoms with E-state index in [9.17, 15) is 27.6 Å². The predicted octanol–water partition coefficient (Wildman–Crippen LogP) is 5.12. The SMILES string of the molecule is Cc1ccc(S(=O)(=O)Oc2ccc(C(=O)CN(C(=O)c3ccc(Cl)cc3Cl)N3C(=O)[C@@H]4[C@@H](C3=O)[C@H]3C=C[C@H]4C3)cc2)cc1. The van der Waals surface area contributed by atoms with E-state index in [1.165, 1.54) is 54.6 Å². The number of fused-ring (bicyclic) bond motifs is 5. The number of carbonyl (C=O) groups excluding carboxylic acids is 4. The number of imide groups is 1. The van der Waals surface area contributed by atoms with Crippen molar-refractivity contribution in [3.63, 3.8) is 0 Å². The van der Waals surface area contributed by atoms with E-state index in [4.69, 9.17) is 27.4 Å². The quantitative estimate of drug-likeness (QED) is 0.145. The van der Waals surface area contributed by atoms with Gasteiger partial charge >= 0.3 is 10.1 Å². The van der Waals surface area contributed by atoms with E-state index in [2.05, 4.69) is 0 Å². The van der Waals surface area contributed by atoms with Gasteiger partial charge in [-0.1, -0.05) is 53.1 Å². The number of hydrogen-bond acceptors (Lipinski definition) is 7. The first kappa shape index (κ1) is 29.1. The van der Waals surface area contributed by atoms with E-state index < -0.39 is 52.0 Å². The Morgan fingerprint density at radius 2 is 1.51 bits per heavy atom. The van der Waals surface area contributed by atoms with E-state index in [0.29, 0.717) is 6.42 Å². The van der Waals surface area contributed by atoms with Crippen LogP contribution in [0, 0.1) is 30.6 Å². The molecule has 12 heteroatoms. The van der Waals surface area contributed by atoms with Gasteiger partial charge in [0, 0.05) is 10.6 Å². The lowest BCUT2D eigenvalue weighted by atomic mass is 9.85. The van der Waals surface area contributed by atoms with E-state index in [0.717, 1.165) is 15.6 Å². The number of hydrazine groups is 1. The van der Waals surface area contributed by atoms with Gasteiger partial charge in [-0.3, -0.25) is 19.2 Å². The Morgan fingerprint density at radius 1 is 0.907 bits per heavy atom. The Morgan fingerprint density at radius 3 is 2.09 bits per heavy atom. The van der Waals surface area contributed by atoms with Gasteiger partial charge in [0.15, 0.2) is 5.78 Å². The van der Waals surface area contributed by atoms with Crippen LogP contribution in [0.5, 0.6) is 5.75 Å². The highest BCUT2D eigenvalue weighted by Crippen LogP contribution is 2.52. The van der Waals surface area contributed by atoms with Crippen molar-refractivity contribution in [2.45, 2.75) is 18.2 Å². The zero-order chi connectivity index (χ0) is 30.6. The fourth-order valence-corrected chi connectivity index (χ4v) is 7.38. The molecule has 4 atom stereocenters. The second-order valence-electron chi connectivity index (χ2n) is 10.8. The lowest BCUT2D eigenvalue weighted by molar-refractivity contribution is -0.154. The summed E-state index contributed by atoms with van der Waals surface area (Å²) in [6.07, 6.45) is 4.55. The maximum absolute atomic E-state index is 13.8. The topological polar surface area (TPSA) is 118 Å². The number of nitrogens with zero attached hydrogens (tertiary/aromatic N) is 2. The first-order valence-corrected chi connectivity index (χ1v) is 15.6. The van der Waals surface area contributed by atoms with Crippen LogP contribution < -0.4 is 4.18 Å². The molecule has 0 unspecified atom stereocenters. The largest absolute Gasteiger partial charge is 0.379 e. The number of halogens is 2. The zero-order valence-electron chi connectivity index (χ0n) is 22.6. The number of hydrogen-bond donors (Lipinski definition) is 0. The number of benzene rings is 3. The number of amides is 3. The van der Waals surface area contributed by atoms with Gasteiger partial charge in [-0.05, 0) is 79.8 Å². The van der Waals surface area contributed by atoms with Crippen molar-refractivity contribution < 1.29 is 31.8 Å². The van der Waals surface area contributed by atoms with Crippen molar-refractivity contribution in [2.75, 3.05) is 6.54 Å². The molecule has 43 heavy (non-hydrogen) atoms. The average molecular weight is 640 g/mol. The maximum Gasteiger partial charge on any atom is 0.339 e. The Kier molecular flexibility index (Phi) is 7.40. The standard InChI is InChI=1S/C31H24Cl2N2O7S/c1-17-2-11-23(12-3-17)43(40,41)42-22-9-6-18(7-10-22)26(36)16-34(29(37)24-13-8-21(32)15-25(24)33)35-30(38)27-19-4-5-20(14-19)28(27)31(35)39/h2-13,15,19-20,27-28H,14,16H2,1H3/t19-,20-,27-,28-/m0/s1. The molecule has 1 aliphatic heterocycles. The summed E-state index contributed by atoms with van der Waals surface area (Å²) < 4.78 is 30.5. The first-order valence-electron chi connectivity index (χ1n) is 13.4. The summed E-state index contributed by atoms with van der Waals surface area (Å²) in [5, 5.41) is 1.90. The summed E-state index contributed by atoms with van der Waals surface area (Å²) in [4.78, 5) is 54.4. The molecule has 2 fully saturated rings. The molecule has 1 saturated heterocycles. The molecule has 3 aromatic rings. The lowest BCUT2D eigenvalue weighted by Crippen LogP contribution is -2.52. The molecule has 0 aromatic heterocycles. The highest BCUT2D eigenvalue weighted by atomic mass is 35.5. The second kappa shape index (κ2) is 10.9. The molecular weight excluding hydrogens is 615 g/mol. The van der Waals surface area contributed by atoms with E-state index >= 15 is 0 Å². The fraction of sp³-hybridized carbons (Fsp3) is 0.226. The second-order valence-corrected chi connectivity index (χ2v) is 13.2. The molecule has 220 valence electrons. The van der Waals surface area contributed by atoms with Gasteiger partial charge in [-0.15, -0.1) is 0 Å². The normalized spacial score (nSPS) is 22.2. The summed E-state index contributed by atoms with van der Waals surface area (Å²) in [5.74, 6) is -3.93. The van der Waals surface area contributed by atoms with Crippen molar-refractivity contribution in [1.29, 1.82) is 0 Å². The van der Waals surface area contributed by atoms with E-state index in [1.54, 1.807) is 12.1 Å². The molecule has 3 amide bonds. The van der Waals surface area contributed by atoms with E-state index in [-0.39, 0.29) is 43.7 Å². The molecule has 0 radical (unpaired) electrons. The number of Topliss-reactive ketones (excluding diaryl/α,β-unsaturated/α-hetero) is 1. The Labute approximate surface area is 257 Å². The summed E-state index contributed by atoms with van der Waals surface area (Å²) in [6.45, 7) is 1.17. The lowest BCUT2D eigenvalue weighted by Gasteiger charge is -2.31. The smallest absolute Gasteiger partial charge is 0.339 e. The summed E-state index contributed by atoms with van der Waals surface area (Å²) >= 11 is 12.3. The molecule has 1 saturated carbocycles. The molecule has 3 aromatic carbocycles. The van der Waals surface area contributed by atoms with Crippen LogP contribution in [0.15, 0.2) is 83.8 Å². The highest BCUT2D eigenvalue weighted by Gasteiger charge is 2.61. The van der Waals surface area contributed by atoms with Gasteiger partial charge in [0.1, 0.15) is 17.2 Å². The summed E-state index contributed by atoms with van der Waals surface area (Å²) in [7, 11) is -4.11. The molecule has 2 aliphatic carbocycles. The monoisotopic (exact) mass is 638 g/mol. The molecule has 1 heterocycles. The van der Waals surface area contributed by atoms with Crippen LogP contribution >= 0.6 is 23.2 Å². The minimum absolute atomic E-state index is 0.00717. The third kappa shape index (κ3) is 5.24. The van der Waals surface area contributed by atoms with Crippen LogP contribution in [0.1, 0.15) is 32.7 Å². The minimum atomic E-state index is -4.11. The third-order valence-corrected chi connectivity index (χ3v) is 9.88.